The van der Waals surface area contributed by atoms with Crippen molar-refractivity contribution < 1.29 is 0 Å². The lowest BCUT2D eigenvalue weighted by molar-refractivity contribution is 0.265. The molecule has 0 bridgehead atoms. The highest BCUT2D eigenvalue weighted by Crippen LogP contribution is 2.45. The minimum absolute atomic E-state index is 0.245. The average molecular weight is 283 g/mol. The molecule has 1 aromatic carbocycles. The number of fused-ring (bicyclic) bond motifs is 1. The van der Waals surface area contributed by atoms with Crippen LogP contribution < -0.4 is 5.32 Å². The van der Waals surface area contributed by atoms with E-state index in [1.54, 1.807) is 0 Å². The molecule has 0 fully saturated rings. The van der Waals surface area contributed by atoms with Crippen LogP contribution in [0.1, 0.15) is 50.1 Å². The maximum absolute atomic E-state index is 4.55. The predicted octanol–water partition coefficient (Wildman–Crippen LogP) is 4.11. The number of rotatable bonds is 3. The first kappa shape index (κ1) is 14.2. The van der Waals surface area contributed by atoms with Gasteiger partial charge >= 0.3 is 0 Å². The first-order chi connectivity index (χ1) is 10.0. The summed E-state index contributed by atoms with van der Waals surface area (Å²) in [5.41, 5.74) is 5.50. The molecule has 1 atom stereocenters. The van der Waals surface area contributed by atoms with Gasteiger partial charge < -0.3 is 5.32 Å². The molecule has 2 aromatic rings. The van der Waals surface area contributed by atoms with E-state index in [4.69, 9.17) is 0 Å². The van der Waals surface area contributed by atoms with Gasteiger partial charge in [0.25, 0.3) is 0 Å². The highest BCUT2D eigenvalue weighted by Gasteiger charge is 2.36. The van der Waals surface area contributed by atoms with Gasteiger partial charge in [-0.2, -0.15) is 5.10 Å². The largest absolute Gasteiger partial charge is 0.375 e. The van der Waals surface area contributed by atoms with Gasteiger partial charge in [-0.1, -0.05) is 45.0 Å². The third kappa shape index (κ3) is 2.57. The second-order valence-corrected chi connectivity index (χ2v) is 6.78. The average Bonchev–Trinajstić information content (AvgIpc) is 2.82. The monoisotopic (exact) mass is 283 g/mol. The molecule has 1 N–H and O–H groups in total. The van der Waals surface area contributed by atoms with Gasteiger partial charge in [-0.25, -0.2) is 0 Å². The highest BCUT2D eigenvalue weighted by molar-refractivity contribution is 5.50. The van der Waals surface area contributed by atoms with E-state index < -0.39 is 0 Å². The van der Waals surface area contributed by atoms with Crippen LogP contribution in [0, 0.1) is 5.41 Å². The number of benzene rings is 1. The van der Waals surface area contributed by atoms with Crippen LogP contribution >= 0.6 is 0 Å². The quantitative estimate of drug-likeness (QED) is 0.918. The zero-order valence-electron chi connectivity index (χ0n) is 13.5. The van der Waals surface area contributed by atoms with Crippen molar-refractivity contribution in [1.82, 2.24) is 9.78 Å². The van der Waals surface area contributed by atoms with E-state index in [1.165, 1.54) is 29.7 Å². The Kier molecular flexibility index (Phi) is 3.52. The van der Waals surface area contributed by atoms with E-state index in [0.29, 0.717) is 6.04 Å². The van der Waals surface area contributed by atoms with Crippen molar-refractivity contribution in [2.45, 2.75) is 46.1 Å². The third-order valence-electron chi connectivity index (χ3n) is 4.73. The van der Waals surface area contributed by atoms with Crippen LogP contribution in [0.4, 0.5) is 5.69 Å². The number of aromatic nitrogens is 2. The summed E-state index contributed by atoms with van der Waals surface area (Å²) in [6.07, 6.45) is 5.45. The Morgan fingerprint density at radius 1 is 1.33 bits per heavy atom. The van der Waals surface area contributed by atoms with Crippen molar-refractivity contribution in [3.05, 3.63) is 47.3 Å². The minimum Gasteiger partial charge on any atom is -0.375 e. The van der Waals surface area contributed by atoms with E-state index in [1.807, 2.05) is 11.7 Å². The first-order valence-electron chi connectivity index (χ1n) is 7.88. The molecule has 3 rings (SSSR count). The lowest BCUT2D eigenvalue weighted by Crippen LogP contribution is -2.33. The van der Waals surface area contributed by atoms with Gasteiger partial charge in [-0.15, -0.1) is 0 Å². The van der Waals surface area contributed by atoms with E-state index in [2.05, 4.69) is 61.6 Å². The molecule has 1 aliphatic rings. The Hall–Kier alpha value is -1.77. The minimum atomic E-state index is 0.245. The van der Waals surface area contributed by atoms with Crippen LogP contribution in [0.25, 0.3) is 0 Å². The van der Waals surface area contributed by atoms with Crippen molar-refractivity contribution >= 4 is 5.69 Å². The smallest absolute Gasteiger partial charge is 0.0853 e. The lowest BCUT2D eigenvalue weighted by atomic mass is 9.70. The van der Waals surface area contributed by atoms with E-state index >= 15 is 0 Å². The van der Waals surface area contributed by atoms with Crippen molar-refractivity contribution in [2.75, 3.05) is 5.32 Å². The molecule has 0 saturated carbocycles. The second-order valence-electron chi connectivity index (χ2n) is 6.78. The Balaban J connectivity index is 1.99. The summed E-state index contributed by atoms with van der Waals surface area (Å²) >= 11 is 0. The number of hydrogen-bond acceptors (Lipinski definition) is 2. The SMILES string of the molecule is CCc1nn(C)cc1NC1c2ccccc2CCC1(C)C. The van der Waals surface area contributed by atoms with E-state index in [-0.39, 0.29) is 5.41 Å². The number of hydrogen-bond donors (Lipinski definition) is 1. The normalized spacial score (nSPS) is 20.1. The molecule has 0 saturated heterocycles. The maximum atomic E-state index is 4.55. The molecule has 0 spiro atoms. The molecule has 112 valence electrons. The molecule has 21 heavy (non-hydrogen) atoms. The zero-order valence-corrected chi connectivity index (χ0v) is 13.5. The number of anilines is 1. The summed E-state index contributed by atoms with van der Waals surface area (Å²) in [5.74, 6) is 0. The first-order valence-corrected chi connectivity index (χ1v) is 7.88. The summed E-state index contributed by atoms with van der Waals surface area (Å²) in [6, 6.07) is 9.19. The van der Waals surface area contributed by atoms with Crippen LogP contribution in [-0.2, 0) is 19.9 Å². The van der Waals surface area contributed by atoms with Gasteiger partial charge in [-0.05, 0) is 35.8 Å². The fourth-order valence-electron chi connectivity index (χ4n) is 3.41. The van der Waals surface area contributed by atoms with E-state index in [0.717, 1.165) is 12.1 Å². The fraction of sp³-hybridized carbons (Fsp3) is 0.500. The van der Waals surface area contributed by atoms with Crippen LogP contribution in [-0.4, -0.2) is 9.78 Å². The summed E-state index contributed by atoms with van der Waals surface area (Å²) in [7, 11) is 1.99. The molecule has 0 amide bonds. The topological polar surface area (TPSA) is 29.9 Å². The van der Waals surface area contributed by atoms with Gasteiger partial charge in [0.1, 0.15) is 0 Å². The van der Waals surface area contributed by atoms with Crippen molar-refractivity contribution in [1.29, 1.82) is 0 Å². The number of nitrogens with one attached hydrogen (secondary N) is 1. The standard InChI is InChI=1S/C18H25N3/c1-5-15-16(12-21(4)20-15)19-17-14-9-7-6-8-13(14)10-11-18(17,2)3/h6-9,12,17,19H,5,10-11H2,1-4H3. The number of nitrogens with zero attached hydrogens (tertiary/aromatic N) is 2. The van der Waals surface area contributed by atoms with Gasteiger partial charge in [0, 0.05) is 13.2 Å². The Bertz CT molecular complexity index is 640. The highest BCUT2D eigenvalue weighted by atomic mass is 15.3. The summed E-state index contributed by atoms with van der Waals surface area (Å²) in [4.78, 5) is 0. The molecular weight excluding hydrogens is 258 g/mol. The fourth-order valence-corrected chi connectivity index (χ4v) is 3.41. The van der Waals surface area contributed by atoms with Crippen LogP contribution in [0.2, 0.25) is 0 Å². The van der Waals surface area contributed by atoms with Gasteiger partial charge in [-0.3, -0.25) is 4.68 Å². The molecule has 3 heteroatoms. The molecule has 0 radical (unpaired) electrons. The summed E-state index contributed by atoms with van der Waals surface area (Å²) in [5, 5.41) is 8.34. The van der Waals surface area contributed by atoms with Crippen LogP contribution in [0.5, 0.6) is 0 Å². The van der Waals surface area contributed by atoms with Crippen LogP contribution in [0.3, 0.4) is 0 Å². The second kappa shape index (κ2) is 5.21. The Labute approximate surface area is 127 Å². The van der Waals surface area contributed by atoms with Crippen molar-refractivity contribution in [3.8, 4) is 0 Å². The number of aryl methyl sites for hydroxylation is 3. The van der Waals surface area contributed by atoms with Gasteiger partial charge in [0.2, 0.25) is 0 Å². The Morgan fingerprint density at radius 2 is 2.10 bits per heavy atom. The molecule has 3 nitrogen and oxygen atoms in total. The summed E-state index contributed by atoms with van der Waals surface area (Å²) < 4.78 is 1.91. The zero-order chi connectivity index (χ0) is 15.0. The molecule has 1 aliphatic carbocycles. The van der Waals surface area contributed by atoms with Crippen LogP contribution in [0.15, 0.2) is 30.5 Å². The van der Waals surface area contributed by atoms with Crippen molar-refractivity contribution in [3.63, 3.8) is 0 Å². The van der Waals surface area contributed by atoms with Gasteiger partial charge in [0.15, 0.2) is 0 Å². The van der Waals surface area contributed by atoms with Gasteiger partial charge in [0.05, 0.1) is 17.4 Å². The molecule has 1 heterocycles. The van der Waals surface area contributed by atoms with Crippen molar-refractivity contribution in [2.24, 2.45) is 12.5 Å². The molecular formula is C18H25N3. The molecule has 1 unspecified atom stereocenters. The lowest BCUT2D eigenvalue weighted by Gasteiger charge is -2.41. The maximum Gasteiger partial charge on any atom is 0.0853 e. The van der Waals surface area contributed by atoms with E-state index in [9.17, 15) is 0 Å². The Morgan fingerprint density at radius 3 is 2.86 bits per heavy atom. The molecule has 0 aliphatic heterocycles. The predicted molar refractivity (Wildman–Crippen MR) is 87.5 cm³/mol. The summed E-state index contributed by atoms with van der Waals surface area (Å²) in [6.45, 7) is 6.89. The molecule has 1 aromatic heterocycles. The third-order valence-corrected chi connectivity index (χ3v) is 4.73.